The molecule has 1 aliphatic rings. The molecule has 0 unspecified atom stereocenters. The van der Waals surface area contributed by atoms with Crippen molar-refractivity contribution in [3.8, 4) is 0 Å². The Bertz CT molecular complexity index is 631. The Hall–Kier alpha value is -1.65. The molecule has 1 N–H and O–H groups in total. The largest absolute Gasteiger partial charge is 0.352 e. The van der Waals surface area contributed by atoms with Gasteiger partial charge < -0.3 is 5.32 Å². The topological polar surface area (TPSA) is 32.3 Å². The number of likely N-dealkylation sites (tertiary alicyclic amines) is 1. The van der Waals surface area contributed by atoms with E-state index in [4.69, 9.17) is 0 Å². The van der Waals surface area contributed by atoms with Gasteiger partial charge >= 0.3 is 0 Å². The van der Waals surface area contributed by atoms with Crippen LogP contribution in [0, 0.1) is 12.8 Å². The van der Waals surface area contributed by atoms with Crippen LogP contribution in [0.4, 0.5) is 0 Å². The quantitative estimate of drug-likeness (QED) is 0.908. The van der Waals surface area contributed by atoms with Crippen molar-refractivity contribution in [3.05, 3.63) is 57.8 Å². The predicted octanol–water partition coefficient (Wildman–Crippen LogP) is 3.70. The van der Waals surface area contributed by atoms with E-state index in [1.165, 1.54) is 5.56 Å². The number of nitrogens with zero attached hydrogens (tertiary/aromatic N) is 1. The van der Waals surface area contributed by atoms with Crippen molar-refractivity contribution in [2.45, 2.75) is 26.3 Å². The number of carbonyl (C=O) groups excluding carboxylic acids is 1. The molecule has 2 heterocycles. The number of thiophene rings is 1. The van der Waals surface area contributed by atoms with Crippen molar-refractivity contribution >= 4 is 17.2 Å². The van der Waals surface area contributed by atoms with Crippen LogP contribution in [-0.4, -0.2) is 30.4 Å². The van der Waals surface area contributed by atoms with Crippen molar-refractivity contribution in [2.24, 2.45) is 5.92 Å². The van der Waals surface area contributed by atoms with Crippen LogP contribution in [0.3, 0.4) is 0 Å². The molecule has 2 aromatic rings. The van der Waals surface area contributed by atoms with Crippen LogP contribution in [0.5, 0.6) is 0 Å². The molecule has 1 saturated heterocycles. The molecule has 1 fully saturated rings. The number of aryl methyl sites for hydroxylation is 1. The van der Waals surface area contributed by atoms with E-state index in [9.17, 15) is 4.79 Å². The van der Waals surface area contributed by atoms with E-state index in [0.717, 1.165) is 50.1 Å². The Labute approximate surface area is 142 Å². The lowest BCUT2D eigenvalue weighted by atomic mass is 9.96. The first-order valence-corrected chi connectivity index (χ1v) is 9.23. The molecule has 3 nitrogen and oxygen atoms in total. The number of amides is 1. The lowest BCUT2D eigenvalue weighted by Crippen LogP contribution is -2.38. The van der Waals surface area contributed by atoms with Gasteiger partial charge in [-0.05, 0) is 73.3 Å². The second kappa shape index (κ2) is 7.75. The van der Waals surface area contributed by atoms with E-state index >= 15 is 0 Å². The number of nitrogens with one attached hydrogen (secondary N) is 1. The number of rotatable bonds is 5. The zero-order valence-corrected chi connectivity index (χ0v) is 14.4. The molecule has 1 aromatic carbocycles. The van der Waals surface area contributed by atoms with Crippen molar-refractivity contribution in [1.82, 2.24) is 10.2 Å². The van der Waals surface area contributed by atoms with Crippen LogP contribution < -0.4 is 5.32 Å². The standard InChI is InChI=1S/C19H24N2OS/c1-15-3-2-4-18(11-15)19(22)20-12-16-5-8-21(9-6-16)13-17-7-10-23-14-17/h2-4,7,10-11,14,16H,5-6,8-9,12-13H2,1H3,(H,20,22). The first kappa shape index (κ1) is 16.2. The molecular weight excluding hydrogens is 304 g/mol. The van der Waals surface area contributed by atoms with Crippen molar-refractivity contribution < 1.29 is 4.79 Å². The molecule has 0 saturated carbocycles. The Morgan fingerprint density at radius 3 is 2.83 bits per heavy atom. The molecule has 0 bridgehead atoms. The highest BCUT2D eigenvalue weighted by molar-refractivity contribution is 7.07. The summed E-state index contributed by atoms with van der Waals surface area (Å²) in [5.41, 5.74) is 3.31. The highest BCUT2D eigenvalue weighted by atomic mass is 32.1. The minimum absolute atomic E-state index is 0.0504. The van der Waals surface area contributed by atoms with Crippen LogP contribution >= 0.6 is 11.3 Å². The second-order valence-corrected chi connectivity index (χ2v) is 7.21. The highest BCUT2D eigenvalue weighted by Crippen LogP contribution is 2.19. The van der Waals surface area contributed by atoms with Crippen molar-refractivity contribution in [1.29, 1.82) is 0 Å². The lowest BCUT2D eigenvalue weighted by Gasteiger charge is -2.31. The van der Waals surface area contributed by atoms with Crippen molar-refractivity contribution in [2.75, 3.05) is 19.6 Å². The molecular formula is C19H24N2OS. The maximum atomic E-state index is 12.2. The minimum atomic E-state index is 0.0504. The smallest absolute Gasteiger partial charge is 0.251 e. The molecule has 4 heteroatoms. The second-order valence-electron chi connectivity index (χ2n) is 6.43. The summed E-state index contributed by atoms with van der Waals surface area (Å²) in [6.45, 7) is 6.12. The number of carbonyl (C=O) groups is 1. The first-order valence-electron chi connectivity index (χ1n) is 8.29. The molecule has 1 aliphatic heterocycles. The maximum Gasteiger partial charge on any atom is 0.251 e. The fraction of sp³-hybridized carbons (Fsp3) is 0.421. The maximum absolute atomic E-state index is 12.2. The summed E-state index contributed by atoms with van der Waals surface area (Å²) >= 11 is 1.76. The van der Waals surface area contributed by atoms with Gasteiger partial charge in [0.25, 0.3) is 5.91 Å². The number of benzene rings is 1. The van der Waals surface area contributed by atoms with Gasteiger partial charge in [-0.3, -0.25) is 9.69 Å². The van der Waals surface area contributed by atoms with Gasteiger partial charge in [0.1, 0.15) is 0 Å². The Morgan fingerprint density at radius 1 is 1.30 bits per heavy atom. The number of hydrogen-bond acceptors (Lipinski definition) is 3. The highest BCUT2D eigenvalue weighted by Gasteiger charge is 2.20. The summed E-state index contributed by atoms with van der Waals surface area (Å²) in [5.74, 6) is 0.650. The van der Waals surface area contributed by atoms with E-state index in [2.05, 4.69) is 27.0 Å². The van der Waals surface area contributed by atoms with E-state index in [1.54, 1.807) is 11.3 Å². The van der Waals surface area contributed by atoms with Gasteiger partial charge in [0.15, 0.2) is 0 Å². The molecule has 0 atom stereocenters. The number of hydrogen-bond donors (Lipinski definition) is 1. The van der Waals surface area contributed by atoms with Crippen LogP contribution in [0.15, 0.2) is 41.1 Å². The van der Waals surface area contributed by atoms with Gasteiger partial charge in [-0.25, -0.2) is 0 Å². The Morgan fingerprint density at radius 2 is 2.13 bits per heavy atom. The van der Waals surface area contributed by atoms with E-state index in [-0.39, 0.29) is 5.91 Å². The van der Waals surface area contributed by atoms with E-state index < -0.39 is 0 Å². The van der Waals surface area contributed by atoms with Gasteiger partial charge in [0.05, 0.1) is 0 Å². The average molecular weight is 328 g/mol. The zero-order chi connectivity index (χ0) is 16.1. The van der Waals surface area contributed by atoms with Crippen LogP contribution in [0.1, 0.15) is 34.3 Å². The summed E-state index contributed by atoms with van der Waals surface area (Å²) in [7, 11) is 0. The third-order valence-corrected chi connectivity index (χ3v) is 5.26. The fourth-order valence-electron chi connectivity index (χ4n) is 3.11. The summed E-state index contributed by atoms with van der Waals surface area (Å²) in [4.78, 5) is 14.7. The van der Waals surface area contributed by atoms with Gasteiger partial charge in [0.2, 0.25) is 0 Å². The molecule has 3 rings (SSSR count). The molecule has 0 aliphatic carbocycles. The predicted molar refractivity (Wildman–Crippen MR) is 95.8 cm³/mol. The molecule has 122 valence electrons. The summed E-state index contributed by atoms with van der Waals surface area (Å²) in [5, 5.41) is 7.47. The summed E-state index contributed by atoms with van der Waals surface area (Å²) in [6, 6.07) is 9.98. The monoisotopic (exact) mass is 328 g/mol. The SMILES string of the molecule is Cc1cccc(C(=O)NCC2CCN(Cc3ccsc3)CC2)c1. The van der Waals surface area contributed by atoms with Crippen LogP contribution in [-0.2, 0) is 6.54 Å². The van der Waals surface area contributed by atoms with Gasteiger partial charge in [-0.2, -0.15) is 11.3 Å². The van der Waals surface area contributed by atoms with Crippen LogP contribution in [0.25, 0.3) is 0 Å². The van der Waals surface area contributed by atoms with Gasteiger partial charge in [-0.1, -0.05) is 17.7 Å². The third-order valence-electron chi connectivity index (χ3n) is 4.52. The Balaban J connectivity index is 1.41. The van der Waals surface area contributed by atoms with Gasteiger partial charge in [-0.15, -0.1) is 0 Å². The normalized spacial score (nSPS) is 16.4. The fourth-order valence-corrected chi connectivity index (χ4v) is 3.77. The van der Waals surface area contributed by atoms with E-state index in [0.29, 0.717) is 5.92 Å². The molecule has 23 heavy (non-hydrogen) atoms. The number of piperidine rings is 1. The summed E-state index contributed by atoms with van der Waals surface area (Å²) < 4.78 is 0. The van der Waals surface area contributed by atoms with Crippen LogP contribution in [0.2, 0.25) is 0 Å². The zero-order valence-electron chi connectivity index (χ0n) is 13.6. The average Bonchev–Trinajstić information content (AvgIpc) is 3.07. The van der Waals surface area contributed by atoms with E-state index in [1.807, 2.05) is 31.2 Å². The third kappa shape index (κ3) is 4.66. The Kier molecular flexibility index (Phi) is 5.47. The molecule has 0 radical (unpaired) electrons. The molecule has 1 amide bonds. The lowest BCUT2D eigenvalue weighted by molar-refractivity contribution is 0.0935. The first-order chi connectivity index (χ1) is 11.2. The summed E-state index contributed by atoms with van der Waals surface area (Å²) in [6.07, 6.45) is 2.33. The molecule has 1 aromatic heterocycles. The molecule has 0 spiro atoms. The minimum Gasteiger partial charge on any atom is -0.352 e. The van der Waals surface area contributed by atoms with Gasteiger partial charge in [0, 0.05) is 18.7 Å². The van der Waals surface area contributed by atoms with Crippen molar-refractivity contribution in [3.63, 3.8) is 0 Å².